The fraction of sp³-hybridized carbons (Fsp3) is 0.200. The number of hydrogen-bond donors (Lipinski definition) is 1. The Morgan fingerprint density at radius 1 is 1.77 bits per heavy atom. The van der Waals surface area contributed by atoms with Crippen LogP contribution in [0.25, 0.3) is 0 Å². The number of allylic oxidation sites excluding steroid dienone is 1. The van der Waals surface area contributed by atoms with Crippen LogP contribution in [0.3, 0.4) is 0 Å². The van der Waals surface area contributed by atoms with Crippen molar-refractivity contribution in [1.29, 1.82) is 0 Å². The molecule has 0 amide bonds. The van der Waals surface area contributed by atoms with E-state index in [9.17, 15) is 0 Å². The van der Waals surface area contributed by atoms with Gasteiger partial charge in [0.05, 0.1) is 5.09 Å². The molecule has 72 valence electrons. The van der Waals surface area contributed by atoms with Crippen LogP contribution in [0.2, 0.25) is 0 Å². The highest BCUT2D eigenvalue weighted by Gasteiger charge is 1.96. The van der Waals surface area contributed by atoms with Gasteiger partial charge in [0.15, 0.2) is 12.4 Å². The molecule has 0 saturated heterocycles. The zero-order valence-corrected chi connectivity index (χ0v) is 6.74. The Morgan fingerprint density at radius 2 is 2.31 bits per heavy atom. The van der Waals surface area contributed by atoms with Crippen LogP contribution in [0, 0.1) is 15.3 Å². The number of hydrogen-bond acceptors (Lipinski definition) is 5. The molecule has 0 radical (unpaired) electrons. The number of aromatic nitrogens is 3. The summed E-state index contributed by atoms with van der Waals surface area (Å²) in [7, 11) is 0. The summed E-state index contributed by atoms with van der Waals surface area (Å²) in [6.45, 7) is 4.25. The second kappa shape index (κ2) is 5.52. The van der Waals surface area contributed by atoms with Crippen molar-refractivity contribution in [2.24, 2.45) is 0 Å². The highest BCUT2D eigenvalue weighted by Crippen LogP contribution is 1.67. The van der Waals surface area contributed by atoms with E-state index in [2.05, 4.69) is 11.8 Å². The Bertz CT molecular complexity index is 279. The lowest BCUT2D eigenvalue weighted by molar-refractivity contribution is -0.746. The average molecular weight is 187 g/mol. The molecule has 1 rings (SSSR count). The van der Waals surface area contributed by atoms with Gasteiger partial charge in [-0.1, -0.05) is 6.58 Å². The van der Waals surface area contributed by atoms with E-state index < -0.39 is 5.09 Å². The van der Waals surface area contributed by atoms with Gasteiger partial charge in [0, 0.05) is 0 Å². The normalized spacial score (nSPS) is 8.31. The molecule has 0 aliphatic heterocycles. The number of nitrogen functional groups attached to an aromatic ring is 1. The fourth-order valence-corrected chi connectivity index (χ4v) is 0.567. The van der Waals surface area contributed by atoms with Crippen molar-refractivity contribution < 1.29 is 9.77 Å². The monoisotopic (exact) mass is 187 g/mol. The molecule has 0 aromatic carbocycles. The summed E-state index contributed by atoms with van der Waals surface area (Å²) in [6.07, 6.45) is 5.21. The molecule has 2 N–H and O–H groups in total. The zero-order chi connectivity index (χ0) is 10.3. The molecular formula is C5H9N5O3. The summed E-state index contributed by atoms with van der Waals surface area (Å²) in [6, 6.07) is 0. The van der Waals surface area contributed by atoms with Crippen LogP contribution in [-0.4, -0.2) is 15.1 Å². The van der Waals surface area contributed by atoms with Crippen LogP contribution in [0.4, 0.5) is 0 Å². The first-order valence-corrected chi connectivity index (χ1v) is 3.19. The van der Waals surface area contributed by atoms with E-state index in [-0.39, 0.29) is 0 Å². The van der Waals surface area contributed by atoms with Gasteiger partial charge >= 0.3 is 0 Å². The molecule has 1 aromatic rings. The highest BCUT2D eigenvalue weighted by molar-refractivity contribution is 4.60. The molecule has 0 saturated carbocycles. The minimum Gasteiger partial charge on any atom is -0.356 e. The number of nitrogens with two attached hydrogens (primary N) is 1. The van der Waals surface area contributed by atoms with E-state index >= 15 is 0 Å². The number of nitrogens with zero attached hydrogens (tertiary/aromatic N) is 4. The third-order valence-corrected chi connectivity index (χ3v) is 0.926. The van der Waals surface area contributed by atoms with Crippen molar-refractivity contribution in [2.75, 3.05) is 5.84 Å². The van der Waals surface area contributed by atoms with Crippen molar-refractivity contribution in [3.8, 4) is 0 Å². The van der Waals surface area contributed by atoms with Crippen LogP contribution < -0.4 is 10.5 Å². The van der Waals surface area contributed by atoms with Crippen LogP contribution in [-0.2, 0) is 6.54 Å². The third kappa shape index (κ3) is 6.28. The molecule has 0 fully saturated rings. The van der Waals surface area contributed by atoms with Gasteiger partial charge in [0.2, 0.25) is 0 Å². The van der Waals surface area contributed by atoms with Crippen LogP contribution in [0.5, 0.6) is 0 Å². The van der Waals surface area contributed by atoms with Gasteiger partial charge < -0.3 is 15.3 Å². The fourth-order valence-electron chi connectivity index (χ4n) is 0.567. The predicted molar refractivity (Wildman–Crippen MR) is 43.1 cm³/mol. The van der Waals surface area contributed by atoms with E-state index in [0.29, 0.717) is 6.54 Å². The summed E-state index contributed by atoms with van der Waals surface area (Å²) in [5.74, 6) is 5.26. The predicted octanol–water partition coefficient (Wildman–Crippen LogP) is -1.17. The SMILES string of the molecule is C=CC[n+]1ccn(N)n1.O=[N+]([O-])[O-]. The maximum atomic E-state index is 8.25. The molecule has 1 aromatic heterocycles. The Hall–Kier alpha value is -2.12. The molecule has 1 heterocycles. The topological polar surface area (TPSA) is 114 Å². The van der Waals surface area contributed by atoms with Crippen molar-refractivity contribution in [2.45, 2.75) is 6.54 Å². The van der Waals surface area contributed by atoms with Gasteiger partial charge in [-0.3, -0.25) is 0 Å². The Morgan fingerprint density at radius 3 is 2.62 bits per heavy atom. The minimum atomic E-state index is -1.75. The Labute approximate surface area is 73.6 Å². The molecular weight excluding hydrogens is 178 g/mol. The highest BCUT2D eigenvalue weighted by atomic mass is 16.9. The first-order valence-electron chi connectivity index (χ1n) is 3.19. The lowest BCUT2D eigenvalue weighted by Crippen LogP contribution is -2.36. The molecule has 8 nitrogen and oxygen atoms in total. The van der Waals surface area contributed by atoms with Gasteiger partial charge in [-0.15, -0.1) is 4.68 Å². The average Bonchev–Trinajstić information content (AvgIpc) is 2.35. The van der Waals surface area contributed by atoms with E-state index in [1.165, 1.54) is 4.79 Å². The van der Waals surface area contributed by atoms with Crippen molar-refractivity contribution in [3.63, 3.8) is 0 Å². The van der Waals surface area contributed by atoms with E-state index in [1.54, 1.807) is 23.2 Å². The van der Waals surface area contributed by atoms with Crippen molar-refractivity contribution >= 4 is 0 Å². The molecule has 13 heavy (non-hydrogen) atoms. The zero-order valence-electron chi connectivity index (χ0n) is 6.74. The second-order valence-electron chi connectivity index (χ2n) is 1.90. The smallest absolute Gasteiger partial charge is 0.184 e. The molecule has 0 bridgehead atoms. The molecule has 0 unspecified atom stereocenters. The Balaban J connectivity index is 0.000000310. The van der Waals surface area contributed by atoms with E-state index in [1.807, 2.05) is 0 Å². The second-order valence-corrected chi connectivity index (χ2v) is 1.90. The quantitative estimate of drug-likeness (QED) is 0.206. The van der Waals surface area contributed by atoms with Gasteiger partial charge in [-0.2, -0.15) is 0 Å². The van der Waals surface area contributed by atoms with Crippen LogP contribution >= 0.6 is 0 Å². The standard InChI is InChI=1S/C5H9N4.NO3/c1-2-3-8-4-5-9(6)7-8;2-1(3)4/h2,4-5H,1,3H2,(H2,6,7);/q+1;-1. The third-order valence-electron chi connectivity index (χ3n) is 0.926. The number of rotatable bonds is 2. The minimum absolute atomic E-state index is 0.699. The van der Waals surface area contributed by atoms with E-state index in [0.717, 1.165) is 0 Å². The summed E-state index contributed by atoms with van der Waals surface area (Å²) < 4.78 is 1.69. The molecule has 0 aliphatic rings. The van der Waals surface area contributed by atoms with E-state index in [4.69, 9.17) is 21.2 Å². The first-order chi connectivity index (χ1) is 6.06. The summed E-state index contributed by atoms with van der Waals surface area (Å²) in [5, 5.41) is 18.6. The lowest BCUT2D eigenvalue weighted by Gasteiger charge is -1.79. The van der Waals surface area contributed by atoms with Gasteiger partial charge in [-0.05, 0) is 10.9 Å². The Kier molecular flexibility index (Phi) is 4.62. The maximum Gasteiger partial charge on any atom is 0.184 e. The van der Waals surface area contributed by atoms with Crippen molar-refractivity contribution in [1.82, 2.24) is 10.0 Å². The maximum absolute atomic E-state index is 8.25. The molecule has 0 spiro atoms. The summed E-state index contributed by atoms with van der Waals surface area (Å²) in [4.78, 5) is 9.50. The van der Waals surface area contributed by atoms with Gasteiger partial charge in [0.1, 0.15) is 11.8 Å². The van der Waals surface area contributed by atoms with Crippen LogP contribution in [0.1, 0.15) is 0 Å². The molecule has 8 heteroatoms. The first kappa shape index (κ1) is 10.9. The molecule has 0 aliphatic carbocycles. The summed E-state index contributed by atoms with van der Waals surface area (Å²) >= 11 is 0. The van der Waals surface area contributed by atoms with Crippen LogP contribution in [0.15, 0.2) is 25.0 Å². The summed E-state index contributed by atoms with van der Waals surface area (Å²) in [5.41, 5.74) is 0. The largest absolute Gasteiger partial charge is 0.356 e. The molecule has 0 atom stereocenters. The lowest BCUT2D eigenvalue weighted by atomic mass is 10.6. The van der Waals surface area contributed by atoms with Gasteiger partial charge in [0.25, 0.3) is 0 Å². The van der Waals surface area contributed by atoms with Gasteiger partial charge in [-0.25, -0.2) is 5.84 Å². The van der Waals surface area contributed by atoms with Crippen molar-refractivity contribution in [3.05, 3.63) is 40.4 Å².